The molecule has 2 rings (SSSR count). The van der Waals surface area contributed by atoms with Gasteiger partial charge in [-0.15, -0.1) is 0 Å². The van der Waals surface area contributed by atoms with Crippen molar-refractivity contribution in [3.63, 3.8) is 0 Å². The molecule has 0 aliphatic rings. The van der Waals surface area contributed by atoms with Gasteiger partial charge in [0.05, 0.1) is 5.52 Å². The van der Waals surface area contributed by atoms with Gasteiger partial charge in [-0.05, 0) is 24.4 Å². The Balaban J connectivity index is 2.25. The first kappa shape index (κ1) is 8.62. The normalized spacial score (nSPS) is 11.1. The minimum Gasteiger partial charge on any atom is -0.405 e. The number of hydrogen-bond acceptors (Lipinski definition) is 3. The molecule has 1 aromatic heterocycles. The van der Waals surface area contributed by atoms with Crippen LogP contribution in [-0.2, 0) is 0 Å². The number of H-pyrrole nitrogens is 1. The van der Waals surface area contributed by atoms with Gasteiger partial charge >= 0.3 is 0 Å². The van der Waals surface area contributed by atoms with Crippen molar-refractivity contribution in [3.05, 3.63) is 36.5 Å². The quantitative estimate of drug-likeness (QED) is 0.683. The fourth-order valence-corrected chi connectivity index (χ4v) is 1.32. The largest absolute Gasteiger partial charge is 0.405 e. The van der Waals surface area contributed by atoms with E-state index in [0.29, 0.717) is 6.54 Å². The molecule has 0 amide bonds. The molecule has 0 radical (unpaired) electrons. The fraction of sp³-hybridized carbons (Fsp3) is 0.100. The highest BCUT2D eigenvalue weighted by Gasteiger charge is 2.01. The van der Waals surface area contributed by atoms with Gasteiger partial charge in [-0.2, -0.15) is 5.10 Å². The number of nitrogens with zero attached hydrogens (tertiary/aromatic N) is 1. The predicted octanol–water partition coefficient (Wildman–Crippen LogP) is 1.45. The van der Waals surface area contributed by atoms with E-state index in [1.54, 1.807) is 0 Å². The van der Waals surface area contributed by atoms with E-state index in [1.807, 2.05) is 30.3 Å². The molecule has 4 N–H and O–H groups in total. The molecule has 14 heavy (non-hydrogen) atoms. The zero-order valence-corrected chi connectivity index (χ0v) is 7.70. The Bertz CT molecular complexity index is 444. The molecule has 0 atom stereocenters. The highest BCUT2D eigenvalue weighted by Crippen LogP contribution is 2.18. The van der Waals surface area contributed by atoms with Gasteiger partial charge in [0, 0.05) is 11.9 Å². The number of para-hydroxylation sites is 1. The summed E-state index contributed by atoms with van der Waals surface area (Å²) >= 11 is 0. The summed E-state index contributed by atoms with van der Waals surface area (Å²) in [7, 11) is 0. The highest BCUT2D eigenvalue weighted by atomic mass is 15.2. The average Bonchev–Trinajstić information content (AvgIpc) is 2.63. The molecule has 0 aliphatic carbocycles. The minimum atomic E-state index is 0.686. The van der Waals surface area contributed by atoms with E-state index < -0.39 is 0 Å². The number of anilines is 1. The molecule has 1 heterocycles. The van der Waals surface area contributed by atoms with Crippen LogP contribution in [0.25, 0.3) is 10.9 Å². The summed E-state index contributed by atoms with van der Waals surface area (Å²) in [5.41, 5.74) is 6.27. The van der Waals surface area contributed by atoms with Crippen LogP contribution in [-0.4, -0.2) is 16.7 Å². The number of hydrogen-bond donors (Lipinski definition) is 3. The maximum absolute atomic E-state index is 5.23. The van der Waals surface area contributed by atoms with E-state index in [9.17, 15) is 0 Å². The van der Waals surface area contributed by atoms with Gasteiger partial charge in [0.15, 0.2) is 5.82 Å². The van der Waals surface area contributed by atoms with Gasteiger partial charge in [-0.1, -0.05) is 12.1 Å². The van der Waals surface area contributed by atoms with E-state index in [0.717, 1.165) is 16.7 Å². The van der Waals surface area contributed by atoms with E-state index in [-0.39, 0.29) is 0 Å². The van der Waals surface area contributed by atoms with E-state index >= 15 is 0 Å². The van der Waals surface area contributed by atoms with Crippen LogP contribution in [0.5, 0.6) is 0 Å². The Labute approximate surface area is 81.8 Å². The molecule has 0 fully saturated rings. The molecule has 0 aliphatic heterocycles. The number of nitrogens with one attached hydrogen (secondary N) is 2. The molecule has 1 aromatic carbocycles. The number of aromatic amines is 1. The SMILES string of the molecule is NC=CCNc1n[nH]c2ccccc12. The summed E-state index contributed by atoms with van der Waals surface area (Å²) in [6, 6.07) is 7.98. The van der Waals surface area contributed by atoms with Gasteiger partial charge in [0.25, 0.3) is 0 Å². The van der Waals surface area contributed by atoms with E-state index in [4.69, 9.17) is 5.73 Å². The highest BCUT2D eigenvalue weighted by molar-refractivity contribution is 5.89. The first-order valence-corrected chi connectivity index (χ1v) is 4.45. The lowest BCUT2D eigenvalue weighted by Gasteiger charge is -1.97. The molecule has 2 aromatic rings. The van der Waals surface area contributed by atoms with Crippen LogP contribution in [0.15, 0.2) is 36.5 Å². The van der Waals surface area contributed by atoms with Crippen LogP contribution in [0.2, 0.25) is 0 Å². The molecule has 0 saturated carbocycles. The summed E-state index contributed by atoms with van der Waals surface area (Å²) in [5, 5.41) is 11.4. The molecule has 4 nitrogen and oxygen atoms in total. The topological polar surface area (TPSA) is 66.7 Å². The van der Waals surface area contributed by atoms with Crippen molar-refractivity contribution < 1.29 is 0 Å². The van der Waals surface area contributed by atoms with E-state index in [2.05, 4.69) is 15.5 Å². The van der Waals surface area contributed by atoms with Crippen LogP contribution in [0.4, 0.5) is 5.82 Å². The molecule has 0 bridgehead atoms. The van der Waals surface area contributed by atoms with Crippen molar-refractivity contribution in [1.82, 2.24) is 10.2 Å². The lowest BCUT2D eigenvalue weighted by molar-refractivity contribution is 1.10. The monoisotopic (exact) mass is 188 g/mol. The Hall–Kier alpha value is -1.97. The van der Waals surface area contributed by atoms with Gasteiger partial charge in [0.2, 0.25) is 0 Å². The van der Waals surface area contributed by atoms with Crippen LogP contribution in [0.3, 0.4) is 0 Å². The lowest BCUT2D eigenvalue weighted by atomic mass is 10.2. The second-order valence-electron chi connectivity index (χ2n) is 2.93. The van der Waals surface area contributed by atoms with Crippen molar-refractivity contribution in [3.8, 4) is 0 Å². The maximum Gasteiger partial charge on any atom is 0.155 e. The van der Waals surface area contributed by atoms with Crippen molar-refractivity contribution in [2.75, 3.05) is 11.9 Å². The lowest BCUT2D eigenvalue weighted by Crippen LogP contribution is -1.99. The summed E-state index contributed by atoms with van der Waals surface area (Å²) in [6.07, 6.45) is 3.35. The molecule has 72 valence electrons. The van der Waals surface area contributed by atoms with Gasteiger partial charge in [-0.3, -0.25) is 5.10 Å². The summed E-state index contributed by atoms with van der Waals surface area (Å²) in [6.45, 7) is 0.686. The second kappa shape index (κ2) is 3.83. The fourth-order valence-electron chi connectivity index (χ4n) is 1.32. The Kier molecular flexibility index (Phi) is 2.36. The van der Waals surface area contributed by atoms with Crippen LogP contribution >= 0.6 is 0 Å². The molecule has 0 saturated heterocycles. The number of fused-ring (bicyclic) bond motifs is 1. The molecular weight excluding hydrogens is 176 g/mol. The van der Waals surface area contributed by atoms with E-state index in [1.165, 1.54) is 6.20 Å². The Morgan fingerprint density at radius 1 is 1.43 bits per heavy atom. The molecule has 0 unspecified atom stereocenters. The predicted molar refractivity (Wildman–Crippen MR) is 57.9 cm³/mol. The van der Waals surface area contributed by atoms with Crippen molar-refractivity contribution >= 4 is 16.7 Å². The smallest absolute Gasteiger partial charge is 0.155 e. The Morgan fingerprint density at radius 3 is 3.14 bits per heavy atom. The number of benzene rings is 1. The first-order chi connectivity index (χ1) is 6.92. The third-order valence-electron chi connectivity index (χ3n) is 1.99. The molecule has 4 heteroatoms. The average molecular weight is 188 g/mol. The third kappa shape index (κ3) is 1.54. The third-order valence-corrected chi connectivity index (χ3v) is 1.99. The summed E-state index contributed by atoms with van der Waals surface area (Å²) in [4.78, 5) is 0. The summed E-state index contributed by atoms with van der Waals surface area (Å²) in [5.74, 6) is 0.860. The van der Waals surface area contributed by atoms with Crippen LogP contribution in [0.1, 0.15) is 0 Å². The van der Waals surface area contributed by atoms with Crippen molar-refractivity contribution in [2.24, 2.45) is 5.73 Å². The second-order valence-corrected chi connectivity index (χ2v) is 2.93. The van der Waals surface area contributed by atoms with Gasteiger partial charge in [0.1, 0.15) is 0 Å². The maximum atomic E-state index is 5.23. The zero-order chi connectivity index (χ0) is 9.80. The number of nitrogens with two attached hydrogens (primary N) is 1. The first-order valence-electron chi connectivity index (χ1n) is 4.45. The summed E-state index contributed by atoms with van der Waals surface area (Å²) < 4.78 is 0. The minimum absolute atomic E-state index is 0.686. The number of rotatable bonds is 3. The number of aromatic nitrogens is 2. The molecular formula is C10H12N4. The zero-order valence-electron chi connectivity index (χ0n) is 7.70. The van der Waals surface area contributed by atoms with Crippen molar-refractivity contribution in [2.45, 2.75) is 0 Å². The van der Waals surface area contributed by atoms with Gasteiger partial charge in [-0.25, -0.2) is 0 Å². The molecule has 0 spiro atoms. The van der Waals surface area contributed by atoms with Crippen LogP contribution in [0, 0.1) is 0 Å². The van der Waals surface area contributed by atoms with Gasteiger partial charge < -0.3 is 11.1 Å². The van der Waals surface area contributed by atoms with Crippen LogP contribution < -0.4 is 11.1 Å². The van der Waals surface area contributed by atoms with Crippen molar-refractivity contribution in [1.29, 1.82) is 0 Å². The standard InChI is InChI=1S/C10H12N4/c11-6-3-7-12-10-8-4-1-2-5-9(8)13-14-10/h1-6H,7,11H2,(H2,12,13,14). The Morgan fingerprint density at radius 2 is 2.29 bits per heavy atom.